The molecule has 0 amide bonds. The molecule has 6 nitrogen and oxygen atoms in total. The van der Waals surface area contributed by atoms with Gasteiger partial charge in [0.05, 0.1) is 19.9 Å². The molecule has 0 spiro atoms. The molecule has 0 bridgehead atoms. The maximum Gasteiger partial charge on any atom is 0.254 e. The number of aryl methyl sites for hydroxylation is 1. The molecule has 0 fully saturated rings. The molecule has 2 aromatic rings. The predicted molar refractivity (Wildman–Crippen MR) is 87.0 cm³/mol. The zero-order valence-electron chi connectivity index (χ0n) is 13.7. The van der Waals surface area contributed by atoms with Gasteiger partial charge < -0.3 is 14.5 Å². The Kier molecular flexibility index (Phi) is 4.34. The molecule has 2 heterocycles. The van der Waals surface area contributed by atoms with E-state index in [2.05, 4.69) is 14.9 Å². The summed E-state index contributed by atoms with van der Waals surface area (Å²) in [5.74, 6) is 2.25. The Balaban J connectivity index is 1.81. The second kappa shape index (κ2) is 6.42. The van der Waals surface area contributed by atoms with Crippen LogP contribution in [0.25, 0.3) is 0 Å². The smallest absolute Gasteiger partial charge is 0.254 e. The minimum atomic E-state index is -0.00539. The number of benzene rings is 1. The van der Waals surface area contributed by atoms with Crippen LogP contribution in [-0.2, 0) is 19.5 Å². The van der Waals surface area contributed by atoms with E-state index in [1.54, 1.807) is 14.2 Å². The summed E-state index contributed by atoms with van der Waals surface area (Å²) >= 11 is 0. The molecule has 1 aliphatic rings. The molecule has 1 aliphatic heterocycles. The summed E-state index contributed by atoms with van der Waals surface area (Å²) in [5.41, 5.74) is 2.78. The van der Waals surface area contributed by atoms with Crippen molar-refractivity contribution in [2.75, 3.05) is 20.8 Å². The molecule has 122 valence electrons. The average Bonchev–Trinajstić information content (AvgIpc) is 2.54. The van der Waals surface area contributed by atoms with Gasteiger partial charge >= 0.3 is 0 Å². The fraction of sp³-hybridized carbons (Fsp3) is 0.412. The molecular weight excluding hydrogens is 294 g/mol. The number of nitrogens with one attached hydrogen (secondary N) is 1. The van der Waals surface area contributed by atoms with Crippen LogP contribution in [0.15, 0.2) is 23.0 Å². The zero-order chi connectivity index (χ0) is 16.4. The fourth-order valence-corrected chi connectivity index (χ4v) is 2.98. The maximum absolute atomic E-state index is 12.0. The minimum absolute atomic E-state index is 0.00539. The maximum atomic E-state index is 12.0. The van der Waals surface area contributed by atoms with E-state index in [1.165, 1.54) is 0 Å². The zero-order valence-corrected chi connectivity index (χ0v) is 13.7. The average molecular weight is 315 g/mol. The molecular formula is C17H21N3O3. The van der Waals surface area contributed by atoms with Gasteiger partial charge in [-0.25, -0.2) is 4.98 Å². The summed E-state index contributed by atoms with van der Waals surface area (Å²) in [6.07, 6.45) is 0.719. The number of hydrogen-bond donors (Lipinski definition) is 1. The molecule has 0 unspecified atom stereocenters. The molecule has 1 aromatic heterocycles. The van der Waals surface area contributed by atoms with E-state index in [0.717, 1.165) is 47.8 Å². The Morgan fingerprint density at radius 3 is 2.87 bits per heavy atom. The molecule has 6 heteroatoms. The Hall–Kier alpha value is -2.34. The van der Waals surface area contributed by atoms with Gasteiger partial charge in [-0.2, -0.15) is 0 Å². The van der Waals surface area contributed by atoms with Crippen molar-refractivity contribution in [1.29, 1.82) is 0 Å². The normalized spacial score (nSPS) is 14.4. The van der Waals surface area contributed by atoms with Gasteiger partial charge in [0.15, 0.2) is 0 Å². The van der Waals surface area contributed by atoms with Crippen LogP contribution in [0.1, 0.15) is 22.6 Å². The fourth-order valence-electron chi connectivity index (χ4n) is 2.98. The second-order valence-electron chi connectivity index (χ2n) is 5.72. The van der Waals surface area contributed by atoms with Crippen molar-refractivity contribution >= 4 is 0 Å². The van der Waals surface area contributed by atoms with Crippen LogP contribution in [0.2, 0.25) is 0 Å². The summed E-state index contributed by atoms with van der Waals surface area (Å²) in [6.45, 7) is 4.07. The molecule has 23 heavy (non-hydrogen) atoms. The molecule has 0 saturated carbocycles. The summed E-state index contributed by atoms with van der Waals surface area (Å²) in [7, 11) is 3.30. The summed E-state index contributed by atoms with van der Waals surface area (Å²) in [5, 5.41) is 0. The van der Waals surface area contributed by atoms with Crippen molar-refractivity contribution in [2.45, 2.75) is 26.4 Å². The first-order valence-electron chi connectivity index (χ1n) is 7.62. The highest BCUT2D eigenvalue weighted by Crippen LogP contribution is 2.27. The van der Waals surface area contributed by atoms with Crippen LogP contribution in [-0.4, -0.2) is 35.6 Å². The van der Waals surface area contributed by atoms with Crippen LogP contribution in [0.3, 0.4) is 0 Å². The lowest BCUT2D eigenvalue weighted by atomic mass is 10.1. The Morgan fingerprint density at radius 1 is 1.30 bits per heavy atom. The molecule has 1 N–H and O–H groups in total. The first kappa shape index (κ1) is 15.6. The Morgan fingerprint density at radius 2 is 2.13 bits per heavy atom. The highest BCUT2D eigenvalue weighted by molar-refractivity contribution is 5.40. The van der Waals surface area contributed by atoms with Gasteiger partial charge in [0, 0.05) is 36.8 Å². The van der Waals surface area contributed by atoms with E-state index in [-0.39, 0.29) is 5.56 Å². The quantitative estimate of drug-likeness (QED) is 0.929. The van der Waals surface area contributed by atoms with E-state index in [0.29, 0.717) is 12.4 Å². The number of aromatic amines is 1. The lowest BCUT2D eigenvalue weighted by molar-refractivity contribution is 0.236. The number of nitrogens with zero attached hydrogens (tertiary/aromatic N) is 2. The van der Waals surface area contributed by atoms with Crippen molar-refractivity contribution in [3.8, 4) is 11.5 Å². The van der Waals surface area contributed by atoms with Crippen LogP contribution >= 0.6 is 0 Å². The number of ether oxygens (including phenoxy) is 2. The molecule has 1 aromatic carbocycles. The van der Waals surface area contributed by atoms with Gasteiger partial charge in [-0.05, 0) is 19.4 Å². The number of H-pyrrole nitrogens is 1. The Bertz CT molecular complexity index is 770. The van der Waals surface area contributed by atoms with Gasteiger partial charge in [0.1, 0.15) is 17.3 Å². The van der Waals surface area contributed by atoms with Gasteiger partial charge in [0.2, 0.25) is 0 Å². The van der Waals surface area contributed by atoms with Gasteiger partial charge in [-0.1, -0.05) is 6.07 Å². The number of methoxy groups -OCH3 is 2. The summed E-state index contributed by atoms with van der Waals surface area (Å²) < 4.78 is 10.7. The monoisotopic (exact) mass is 315 g/mol. The Labute approximate surface area is 135 Å². The lowest BCUT2D eigenvalue weighted by Crippen LogP contribution is -2.35. The molecule has 0 radical (unpaired) electrons. The van der Waals surface area contributed by atoms with E-state index in [4.69, 9.17) is 9.47 Å². The topological polar surface area (TPSA) is 67.5 Å². The van der Waals surface area contributed by atoms with Crippen molar-refractivity contribution in [3.63, 3.8) is 0 Å². The van der Waals surface area contributed by atoms with E-state index in [9.17, 15) is 4.79 Å². The third kappa shape index (κ3) is 3.22. The first-order valence-corrected chi connectivity index (χ1v) is 7.62. The number of aromatic nitrogens is 2. The predicted octanol–water partition coefficient (Wildman–Crippen LogP) is 1.65. The van der Waals surface area contributed by atoms with E-state index < -0.39 is 0 Å². The van der Waals surface area contributed by atoms with Crippen molar-refractivity contribution in [1.82, 2.24) is 14.9 Å². The second-order valence-corrected chi connectivity index (χ2v) is 5.72. The molecule has 0 aliphatic carbocycles. The number of hydrogen-bond acceptors (Lipinski definition) is 5. The molecule has 0 saturated heterocycles. The van der Waals surface area contributed by atoms with E-state index >= 15 is 0 Å². The van der Waals surface area contributed by atoms with Crippen LogP contribution in [0.5, 0.6) is 11.5 Å². The van der Waals surface area contributed by atoms with Crippen LogP contribution in [0, 0.1) is 6.92 Å². The van der Waals surface area contributed by atoms with Gasteiger partial charge in [-0.3, -0.25) is 9.69 Å². The minimum Gasteiger partial charge on any atom is -0.497 e. The molecule has 3 rings (SSSR count). The SMILES string of the molecule is COc1ccc(CN2CCc3c(nc(C)[nH]c3=O)C2)c(OC)c1. The van der Waals surface area contributed by atoms with Crippen molar-refractivity contribution in [2.24, 2.45) is 0 Å². The van der Waals surface area contributed by atoms with Gasteiger partial charge in [-0.15, -0.1) is 0 Å². The highest BCUT2D eigenvalue weighted by atomic mass is 16.5. The van der Waals surface area contributed by atoms with Crippen LogP contribution in [0.4, 0.5) is 0 Å². The summed E-state index contributed by atoms with van der Waals surface area (Å²) in [6, 6.07) is 5.84. The lowest BCUT2D eigenvalue weighted by Gasteiger charge is -2.28. The van der Waals surface area contributed by atoms with Crippen molar-refractivity contribution in [3.05, 3.63) is 51.2 Å². The number of rotatable bonds is 4. The number of fused-ring (bicyclic) bond motifs is 1. The molecule has 0 atom stereocenters. The third-order valence-electron chi connectivity index (χ3n) is 4.16. The largest absolute Gasteiger partial charge is 0.497 e. The van der Waals surface area contributed by atoms with E-state index in [1.807, 2.05) is 25.1 Å². The van der Waals surface area contributed by atoms with Gasteiger partial charge in [0.25, 0.3) is 5.56 Å². The first-order chi connectivity index (χ1) is 11.1. The highest BCUT2D eigenvalue weighted by Gasteiger charge is 2.21. The third-order valence-corrected chi connectivity index (χ3v) is 4.16. The van der Waals surface area contributed by atoms with Crippen molar-refractivity contribution < 1.29 is 9.47 Å². The summed E-state index contributed by atoms with van der Waals surface area (Å²) in [4.78, 5) is 21.5. The van der Waals surface area contributed by atoms with Crippen LogP contribution < -0.4 is 15.0 Å². The standard InChI is InChI=1S/C17H21N3O3/c1-11-18-15-10-20(7-6-14(15)17(21)19-11)9-12-4-5-13(22-2)8-16(12)23-3/h4-5,8H,6-7,9-10H2,1-3H3,(H,18,19,21).